The number of rotatable bonds is 6. The largest absolute Gasteiger partial charge is 0.490 e. The first-order chi connectivity index (χ1) is 11.0. The molecule has 10 heteroatoms. The lowest BCUT2D eigenvalue weighted by Gasteiger charge is -2.06. The number of carbonyl (C=O) groups excluding carboxylic acids is 2. The van der Waals surface area contributed by atoms with E-state index < -0.39 is 23.4 Å². The van der Waals surface area contributed by atoms with Crippen LogP contribution >= 0.6 is 0 Å². The number of nitrogens with zero attached hydrogens (tertiary/aromatic N) is 2. The molecule has 0 radical (unpaired) electrons. The molecular formula is C13H11N3O7. The highest BCUT2D eigenvalue weighted by molar-refractivity contribution is 5.95. The minimum atomic E-state index is -0.883. The predicted molar refractivity (Wildman–Crippen MR) is 75.1 cm³/mol. The second-order valence-electron chi connectivity index (χ2n) is 4.15. The van der Waals surface area contributed by atoms with Crippen molar-refractivity contribution in [2.75, 3.05) is 19.0 Å². The fraction of sp³-hybridized carbons (Fsp3) is 0.154. The van der Waals surface area contributed by atoms with Crippen LogP contribution in [0.15, 0.2) is 35.1 Å². The van der Waals surface area contributed by atoms with Gasteiger partial charge in [0.05, 0.1) is 17.6 Å². The molecule has 2 rings (SSSR count). The van der Waals surface area contributed by atoms with Crippen molar-refractivity contribution in [3.8, 4) is 5.75 Å². The summed E-state index contributed by atoms with van der Waals surface area (Å²) >= 11 is 0. The maximum absolute atomic E-state index is 11.8. The molecule has 1 aromatic heterocycles. The smallest absolute Gasteiger partial charge is 0.338 e. The number of benzene rings is 1. The lowest BCUT2D eigenvalue weighted by Crippen LogP contribution is -2.21. The van der Waals surface area contributed by atoms with E-state index in [-0.39, 0.29) is 22.8 Å². The Morgan fingerprint density at radius 1 is 1.39 bits per heavy atom. The summed E-state index contributed by atoms with van der Waals surface area (Å²) in [7, 11) is 1.27. The first-order valence-electron chi connectivity index (χ1n) is 6.21. The standard InChI is InChI=1S/C13H11N3O7/c1-21-10-3-2-8(6-9(10)16(19)20)13(18)22-7-12(17)14-11-4-5-23-15-11/h2-6H,7H2,1H3,(H,14,15,17). The molecule has 0 saturated heterocycles. The van der Waals surface area contributed by atoms with Gasteiger partial charge in [-0.05, 0) is 12.1 Å². The van der Waals surface area contributed by atoms with Gasteiger partial charge in [-0.2, -0.15) is 0 Å². The average Bonchev–Trinajstić information content (AvgIpc) is 3.04. The van der Waals surface area contributed by atoms with Crippen LogP contribution in [0.25, 0.3) is 0 Å². The molecule has 1 N–H and O–H groups in total. The van der Waals surface area contributed by atoms with E-state index in [0.29, 0.717) is 0 Å². The van der Waals surface area contributed by atoms with Gasteiger partial charge in [0.25, 0.3) is 5.91 Å². The number of methoxy groups -OCH3 is 1. The number of nitrogens with one attached hydrogen (secondary N) is 1. The second-order valence-corrected chi connectivity index (χ2v) is 4.15. The SMILES string of the molecule is COc1ccc(C(=O)OCC(=O)Nc2ccon2)cc1[N+](=O)[O-]. The Labute approximate surface area is 129 Å². The molecule has 0 atom stereocenters. The molecule has 0 unspecified atom stereocenters. The minimum Gasteiger partial charge on any atom is -0.490 e. The third kappa shape index (κ3) is 4.03. The molecule has 1 amide bonds. The van der Waals surface area contributed by atoms with Gasteiger partial charge in [0, 0.05) is 12.1 Å². The molecule has 23 heavy (non-hydrogen) atoms. The molecule has 1 aromatic carbocycles. The third-order valence-corrected chi connectivity index (χ3v) is 2.65. The van der Waals surface area contributed by atoms with Crippen molar-refractivity contribution in [3.63, 3.8) is 0 Å². The number of amides is 1. The summed E-state index contributed by atoms with van der Waals surface area (Å²) in [6.07, 6.45) is 1.26. The summed E-state index contributed by atoms with van der Waals surface area (Å²) in [4.78, 5) is 33.6. The topological polar surface area (TPSA) is 134 Å². The number of nitro benzene ring substituents is 1. The second kappa shape index (κ2) is 7.02. The number of hydrogen-bond acceptors (Lipinski definition) is 8. The van der Waals surface area contributed by atoms with E-state index in [1.807, 2.05) is 0 Å². The average molecular weight is 321 g/mol. The van der Waals surface area contributed by atoms with Gasteiger partial charge < -0.3 is 19.3 Å². The molecule has 0 fully saturated rings. The summed E-state index contributed by atoms with van der Waals surface area (Å²) in [5, 5.41) is 16.7. The number of esters is 1. The van der Waals surface area contributed by atoms with Crippen LogP contribution in [-0.2, 0) is 9.53 Å². The van der Waals surface area contributed by atoms with E-state index in [0.717, 1.165) is 6.07 Å². The maximum atomic E-state index is 11.8. The van der Waals surface area contributed by atoms with Crippen LogP contribution in [0, 0.1) is 10.1 Å². The van der Waals surface area contributed by atoms with Crippen molar-refractivity contribution < 1.29 is 28.5 Å². The highest BCUT2D eigenvalue weighted by Crippen LogP contribution is 2.27. The highest BCUT2D eigenvalue weighted by Gasteiger charge is 2.19. The van der Waals surface area contributed by atoms with Crippen LogP contribution in [0.2, 0.25) is 0 Å². The van der Waals surface area contributed by atoms with Crippen molar-refractivity contribution in [2.24, 2.45) is 0 Å². The summed E-state index contributed by atoms with van der Waals surface area (Å²) in [5.41, 5.74) is -0.458. The zero-order valence-corrected chi connectivity index (χ0v) is 11.8. The van der Waals surface area contributed by atoms with Gasteiger partial charge in [0.2, 0.25) is 0 Å². The zero-order valence-electron chi connectivity index (χ0n) is 11.8. The maximum Gasteiger partial charge on any atom is 0.338 e. The van der Waals surface area contributed by atoms with Crippen LogP contribution in [-0.4, -0.2) is 35.7 Å². The fourth-order valence-corrected chi connectivity index (χ4v) is 1.63. The number of ether oxygens (including phenoxy) is 2. The molecule has 1 heterocycles. The normalized spacial score (nSPS) is 9.96. The Kier molecular flexibility index (Phi) is 4.87. The van der Waals surface area contributed by atoms with E-state index in [9.17, 15) is 19.7 Å². The summed E-state index contributed by atoms with van der Waals surface area (Å²) in [6, 6.07) is 4.98. The van der Waals surface area contributed by atoms with Crippen LogP contribution in [0.5, 0.6) is 5.75 Å². The number of nitro groups is 1. The van der Waals surface area contributed by atoms with Gasteiger partial charge in [-0.25, -0.2) is 4.79 Å². The molecule has 120 valence electrons. The van der Waals surface area contributed by atoms with Crippen molar-refractivity contribution in [2.45, 2.75) is 0 Å². The number of aromatic nitrogens is 1. The van der Waals surface area contributed by atoms with Gasteiger partial charge in [-0.15, -0.1) is 0 Å². The number of anilines is 1. The van der Waals surface area contributed by atoms with E-state index in [1.54, 1.807) is 0 Å². The fourth-order valence-electron chi connectivity index (χ4n) is 1.63. The lowest BCUT2D eigenvalue weighted by molar-refractivity contribution is -0.385. The number of hydrogen-bond donors (Lipinski definition) is 1. The van der Waals surface area contributed by atoms with E-state index in [4.69, 9.17) is 9.47 Å². The molecule has 0 saturated carbocycles. The number of carbonyl (C=O) groups is 2. The van der Waals surface area contributed by atoms with Crippen LogP contribution in [0.1, 0.15) is 10.4 Å². The lowest BCUT2D eigenvalue weighted by atomic mass is 10.2. The van der Waals surface area contributed by atoms with Crippen LogP contribution in [0.4, 0.5) is 11.5 Å². The third-order valence-electron chi connectivity index (χ3n) is 2.65. The van der Waals surface area contributed by atoms with Crippen molar-refractivity contribution in [1.82, 2.24) is 5.16 Å². The van der Waals surface area contributed by atoms with E-state index in [1.165, 1.54) is 31.6 Å². The summed E-state index contributed by atoms with van der Waals surface area (Å²) in [5.74, 6) is -1.33. The van der Waals surface area contributed by atoms with Gasteiger partial charge >= 0.3 is 11.7 Å². The van der Waals surface area contributed by atoms with Crippen molar-refractivity contribution in [1.29, 1.82) is 0 Å². The minimum absolute atomic E-state index is 0.00956. The monoisotopic (exact) mass is 321 g/mol. The van der Waals surface area contributed by atoms with Crippen molar-refractivity contribution in [3.05, 3.63) is 46.2 Å². The van der Waals surface area contributed by atoms with E-state index in [2.05, 4.69) is 15.0 Å². The highest BCUT2D eigenvalue weighted by atomic mass is 16.6. The molecule has 0 aliphatic carbocycles. The van der Waals surface area contributed by atoms with Crippen molar-refractivity contribution >= 4 is 23.4 Å². The Morgan fingerprint density at radius 3 is 2.78 bits per heavy atom. The van der Waals surface area contributed by atoms with Gasteiger partial charge in [-0.3, -0.25) is 14.9 Å². The van der Waals surface area contributed by atoms with E-state index >= 15 is 0 Å². The molecule has 0 aliphatic rings. The molecule has 0 bridgehead atoms. The van der Waals surface area contributed by atoms with Gasteiger partial charge in [0.15, 0.2) is 18.2 Å². The Balaban J connectivity index is 1.99. The summed E-state index contributed by atoms with van der Waals surface area (Å²) < 4.78 is 14.1. The quantitative estimate of drug-likeness (QED) is 0.479. The zero-order chi connectivity index (χ0) is 16.8. The van der Waals surface area contributed by atoms with Crippen LogP contribution in [0.3, 0.4) is 0 Å². The Bertz CT molecular complexity index is 727. The molecular weight excluding hydrogens is 310 g/mol. The van der Waals surface area contributed by atoms with Crippen LogP contribution < -0.4 is 10.1 Å². The molecule has 10 nitrogen and oxygen atoms in total. The molecule has 2 aromatic rings. The summed E-state index contributed by atoms with van der Waals surface area (Å²) in [6.45, 7) is -0.578. The molecule has 0 spiro atoms. The first kappa shape index (κ1) is 15.9. The Hall–Kier alpha value is -3.43. The Morgan fingerprint density at radius 2 is 2.17 bits per heavy atom. The van der Waals surface area contributed by atoms with Gasteiger partial charge in [0.1, 0.15) is 6.26 Å². The first-order valence-corrected chi connectivity index (χ1v) is 6.21. The predicted octanol–water partition coefficient (Wildman–Crippen LogP) is 1.39. The van der Waals surface area contributed by atoms with Gasteiger partial charge in [-0.1, -0.05) is 5.16 Å². The molecule has 0 aliphatic heterocycles.